The first kappa shape index (κ1) is 11.8. The number of rotatable bonds is 4. The minimum absolute atomic E-state index is 0.148. The number of hydrogen-bond donors (Lipinski definition) is 3. The Kier molecular flexibility index (Phi) is 3.71. The van der Waals surface area contributed by atoms with Gasteiger partial charge in [0, 0.05) is 18.4 Å². The highest BCUT2D eigenvalue weighted by molar-refractivity contribution is 5.90. The van der Waals surface area contributed by atoms with Crippen molar-refractivity contribution in [2.75, 3.05) is 23.8 Å². The van der Waals surface area contributed by atoms with Crippen molar-refractivity contribution >= 4 is 23.4 Å². The van der Waals surface area contributed by atoms with Gasteiger partial charge in [0.05, 0.1) is 0 Å². The Morgan fingerprint density at radius 1 is 1.38 bits per heavy atom. The van der Waals surface area contributed by atoms with E-state index in [1.807, 2.05) is 0 Å². The number of nitrogens with one attached hydrogen (secondary N) is 1. The van der Waals surface area contributed by atoms with Gasteiger partial charge in [-0.2, -0.15) is 0 Å². The van der Waals surface area contributed by atoms with Crippen LogP contribution >= 0.6 is 0 Å². The number of primary amides is 1. The molecule has 0 unspecified atom stereocenters. The van der Waals surface area contributed by atoms with Crippen LogP contribution in [0.2, 0.25) is 0 Å². The Hall–Kier alpha value is -2.24. The zero-order valence-electron chi connectivity index (χ0n) is 8.80. The van der Waals surface area contributed by atoms with E-state index in [-0.39, 0.29) is 6.54 Å². The second-order valence-corrected chi connectivity index (χ2v) is 3.19. The van der Waals surface area contributed by atoms with Gasteiger partial charge in [-0.25, -0.2) is 4.79 Å². The number of amides is 2. The summed E-state index contributed by atoms with van der Waals surface area (Å²) in [4.78, 5) is 22.5. The van der Waals surface area contributed by atoms with Gasteiger partial charge >= 0.3 is 12.0 Å². The maximum Gasteiger partial charge on any atom is 0.322 e. The molecule has 0 saturated carbocycles. The van der Waals surface area contributed by atoms with Crippen LogP contribution in [0.1, 0.15) is 0 Å². The maximum atomic E-state index is 10.9. The van der Waals surface area contributed by atoms with Gasteiger partial charge in [-0.15, -0.1) is 0 Å². The molecule has 0 spiro atoms. The van der Waals surface area contributed by atoms with Gasteiger partial charge in [0.15, 0.2) is 0 Å². The first-order valence-electron chi connectivity index (χ1n) is 4.59. The second kappa shape index (κ2) is 5.01. The van der Waals surface area contributed by atoms with Crippen LogP contribution in [0.15, 0.2) is 24.3 Å². The summed E-state index contributed by atoms with van der Waals surface area (Å²) < 4.78 is 0. The number of benzene rings is 1. The van der Waals surface area contributed by atoms with Gasteiger partial charge < -0.3 is 16.2 Å². The highest BCUT2D eigenvalue weighted by Gasteiger charge is 2.05. The predicted octanol–water partition coefficient (Wildman–Crippen LogP) is 0.698. The highest BCUT2D eigenvalue weighted by Crippen LogP contribution is 2.16. The Morgan fingerprint density at radius 2 is 1.94 bits per heavy atom. The highest BCUT2D eigenvalue weighted by atomic mass is 16.4. The second-order valence-electron chi connectivity index (χ2n) is 3.19. The topological polar surface area (TPSA) is 95.7 Å². The van der Waals surface area contributed by atoms with Gasteiger partial charge in [-0.3, -0.25) is 9.69 Å². The number of aliphatic carboxylic acids is 1. The summed E-state index contributed by atoms with van der Waals surface area (Å²) in [6.07, 6.45) is 0. The minimum atomic E-state index is -0.932. The average molecular weight is 223 g/mol. The van der Waals surface area contributed by atoms with E-state index in [1.54, 1.807) is 31.3 Å². The number of anilines is 2. The summed E-state index contributed by atoms with van der Waals surface area (Å²) in [5.41, 5.74) is 6.42. The third-order valence-electron chi connectivity index (χ3n) is 2.03. The quantitative estimate of drug-likeness (QED) is 0.700. The lowest BCUT2D eigenvalue weighted by Gasteiger charge is -2.14. The number of hydrogen-bond acceptors (Lipinski definition) is 3. The molecular formula is C10H13N3O3. The fourth-order valence-electron chi connectivity index (χ4n) is 1.11. The molecule has 16 heavy (non-hydrogen) atoms. The monoisotopic (exact) mass is 223 g/mol. The summed E-state index contributed by atoms with van der Waals surface area (Å²) >= 11 is 0. The molecule has 0 saturated heterocycles. The smallest absolute Gasteiger partial charge is 0.322 e. The van der Waals surface area contributed by atoms with E-state index >= 15 is 0 Å². The number of carboxylic acids is 1. The fraction of sp³-hybridized carbons (Fsp3) is 0.200. The van der Waals surface area contributed by atoms with Gasteiger partial charge in [0.25, 0.3) is 0 Å². The van der Waals surface area contributed by atoms with Crippen LogP contribution in [0, 0.1) is 0 Å². The summed E-state index contributed by atoms with van der Waals surface area (Å²) in [6.45, 7) is -0.148. The van der Waals surface area contributed by atoms with Gasteiger partial charge in [-0.1, -0.05) is 0 Å². The van der Waals surface area contributed by atoms with Crippen LogP contribution in [0.3, 0.4) is 0 Å². The van der Waals surface area contributed by atoms with Crippen LogP contribution in [-0.4, -0.2) is 30.7 Å². The number of urea groups is 1. The van der Waals surface area contributed by atoms with E-state index in [2.05, 4.69) is 5.32 Å². The molecule has 1 rings (SSSR count). The molecule has 1 aromatic rings. The fourth-order valence-corrected chi connectivity index (χ4v) is 1.11. The van der Waals surface area contributed by atoms with Crippen molar-refractivity contribution < 1.29 is 14.7 Å². The van der Waals surface area contributed by atoms with E-state index in [9.17, 15) is 9.59 Å². The number of carboxylic acid groups (broad SMARTS) is 1. The molecule has 6 nitrogen and oxygen atoms in total. The zero-order chi connectivity index (χ0) is 12.1. The average Bonchev–Trinajstić information content (AvgIpc) is 2.26. The largest absolute Gasteiger partial charge is 0.480 e. The molecule has 86 valence electrons. The number of nitrogens with zero attached hydrogens (tertiary/aromatic N) is 1. The molecule has 0 heterocycles. The molecule has 6 heteroatoms. The molecule has 0 aliphatic rings. The van der Waals surface area contributed by atoms with Crippen LogP contribution in [0.5, 0.6) is 0 Å². The first-order valence-corrected chi connectivity index (χ1v) is 4.59. The third-order valence-corrected chi connectivity index (χ3v) is 2.03. The zero-order valence-corrected chi connectivity index (χ0v) is 8.80. The first-order chi connectivity index (χ1) is 7.50. The Morgan fingerprint density at radius 3 is 2.38 bits per heavy atom. The summed E-state index contributed by atoms with van der Waals surface area (Å²) in [5.74, 6) is -0.932. The third kappa shape index (κ3) is 3.16. The molecule has 2 amide bonds. The van der Waals surface area contributed by atoms with Crippen LogP contribution in [-0.2, 0) is 4.79 Å². The molecule has 0 fully saturated rings. The predicted molar refractivity (Wildman–Crippen MR) is 60.6 cm³/mol. The Labute approximate surface area is 92.7 Å². The molecular weight excluding hydrogens is 210 g/mol. The van der Waals surface area contributed by atoms with Crippen LogP contribution < -0.4 is 16.0 Å². The molecule has 4 N–H and O–H groups in total. The number of carbonyl (C=O) groups excluding carboxylic acids is 1. The van der Waals surface area contributed by atoms with Crippen molar-refractivity contribution in [2.24, 2.45) is 5.73 Å². The number of carbonyl (C=O) groups is 2. The molecule has 0 radical (unpaired) electrons. The molecule has 0 atom stereocenters. The summed E-state index contributed by atoms with van der Waals surface area (Å²) in [5, 5.41) is 11.2. The minimum Gasteiger partial charge on any atom is -0.480 e. The van der Waals surface area contributed by atoms with E-state index in [4.69, 9.17) is 10.8 Å². The normalized spacial score (nSPS) is 9.56. The van der Waals surface area contributed by atoms with E-state index in [0.29, 0.717) is 11.4 Å². The molecule has 0 aromatic heterocycles. The van der Waals surface area contributed by atoms with E-state index in [1.165, 1.54) is 4.90 Å². The van der Waals surface area contributed by atoms with Gasteiger partial charge in [0.1, 0.15) is 6.54 Å². The van der Waals surface area contributed by atoms with Crippen molar-refractivity contribution in [2.45, 2.75) is 0 Å². The van der Waals surface area contributed by atoms with Crippen LogP contribution in [0.25, 0.3) is 0 Å². The maximum absolute atomic E-state index is 10.9. The summed E-state index contributed by atoms with van der Waals surface area (Å²) in [6, 6.07) is 6.16. The molecule has 0 bridgehead atoms. The van der Waals surface area contributed by atoms with Gasteiger partial charge in [0.2, 0.25) is 0 Å². The van der Waals surface area contributed by atoms with Crippen molar-refractivity contribution in [1.82, 2.24) is 0 Å². The lowest BCUT2D eigenvalue weighted by Crippen LogP contribution is -2.31. The molecule has 0 aliphatic heterocycles. The summed E-state index contributed by atoms with van der Waals surface area (Å²) in [7, 11) is 1.56. The molecule has 1 aromatic carbocycles. The lowest BCUT2D eigenvalue weighted by molar-refractivity contribution is -0.134. The SMILES string of the molecule is CN(C(N)=O)c1ccc(NCC(=O)O)cc1. The van der Waals surface area contributed by atoms with Crippen molar-refractivity contribution in [3.05, 3.63) is 24.3 Å². The lowest BCUT2D eigenvalue weighted by atomic mass is 10.2. The van der Waals surface area contributed by atoms with Crippen LogP contribution in [0.4, 0.5) is 16.2 Å². The van der Waals surface area contributed by atoms with Crippen molar-refractivity contribution in [3.63, 3.8) is 0 Å². The Bertz CT molecular complexity index is 389. The Balaban J connectivity index is 2.67. The van der Waals surface area contributed by atoms with E-state index in [0.717, 1.165) is 0 Å². The molecule has 0 aliphatic carbocycles. The van der Waals surface area contributed by atoms with Crippen molar-refractivity contribution in [1.29, 1.82) is 0 Å². The van der Waals surface area contributed by atoms with Gasteiger partial charge in [-0.05, 0) is 24.3 Å². The van der Waals surface area contributed by atoms with E-state index < -0.39 is 12.0 Å². The number of nitrogens with two attached hydrogens (primary N) is 1. The van der Waals surface area contributed by atoms with Crippen molar-refractivity contribution in [3.8, 4) is 0 Å². The standard InChI is InChI=1S/C10H13N3O3/c1-13(10(11)16)8-4-2-7(3-5-8)12-6-9(14)15/h2-5,12H,6H2,1H3,(H2,11,16)(H,14,15).